The van der Waals surface area contributed by atoms with Crippen LogP contribution in [0.2, 0.25) is 10.0 Å². The number of rotatable bonds is 13. The number of nitrogens with one attached hydrogen (secondary N) is 1. The summed E-state index contributed by atoms with van der Waals surface area (Å²) in [7, 11) is 0. The van der Waals surface area contributed by atoms with E-state index in [1.807, 2.05) is 133 Å². The highest BCUT2D eigenvalue weighted by atomic mass is 35.5. The number of ketones is 2. The molecule has 8 rings (SSSR count). The molecule has 6 nitrogen and oxygen atoms in total. The van der Waals surface area contributed by atoms with Crippen molar-refractivity contribution >= 4 is 52.1 Å². The lowest BCUT2D eigenvalue weighted by molar-refractivity contribution is -0.131. The van der Waals surface area contributed by atoms with Crippen LogP contribution in [0, 0.1) is 17.8 Å². The van der Waals surface area contributed by atoms with Gasteiger partial charge in [-0.05, 0) is 102 Å². The highest BCUT2D eigenvalue weighted by molar-refractivity contribution is 6.39. The van der Waals surface area contributed by atoms with Crippen molar-refractivity contribution in [2.75, 3.05) is 5.32 Å². The van der Waals surface area contributed by atoms with E-state index in [2.05, 4.69) is 103 Å². The fourth-order valence-electron chi connectivity index (χ4n) is 8.40. The quantitative estimate of drug-likeness (QED) is 0.0708. The Morgan fingerprint density at radius 1 is 0.629 bits per heavy atom. The number of esters is 1. The predicted molar refractivity (Wildman–Crippen MR) is 293 cm³/mol. The first kappa shape index (κ1) is 54.7. The number of carbonyl (C=O) groups excluding carboxylic acids is 3. The molecule has 2 heterocycles. The molecule has 1 N–H and O–H groups in total. The van der Waals surface area contributed by atoms with E-state index < -0.39 is 0 Å². The van der Waals surface area contributed by atoms with E-state index in [0.29, 0.717) is 51.3 Å². The van der Waals surface area contributed by atoms with E-state index in [9.17, 15) is 14.4 Å². The van der Waals surface area contributed by atoms with Crippen LogP contribution in [-0.2, 0) is 17.8 Å². The Balaban J connectivity index is 0.000000176. The normalized spacial score (nSPS) is 13.0. The van der Waals surface area contributed by atoms with E-state index in [4.69, 9.17) is 27.9 Å². The molecule has 366 valence electrons. The Morgan fingerprint density at radius 3 is 1.77 bits per heavy atom. The summed E-state index contributed by atoms with van der Waals surface area (Å²) in [6, 6.07) is 52.5. The molecule has 0 saturated heterocycles. The Morgan fingerprint density at radius 2 is 1.19 bits per heavy atom. The smallest absolute Gasteiger partial charge is 0.308 e. The predicted octanol–water partition coefficient (Wildman–Crippen LogP) is 17.2. The van der Waals surface area contributed by atoms with Crippen LogP contribution >= 0.6 is 23.2 Å². The van der Waals surface area contributed by atoms with Crippen LogP contribution in [0.5, 0.6) is 5.75 Å². The Bertz CT molecular complexity index is 2760. The first-order valence-electron chi connectivity index (χ1n) is 24.5. The van der Waals surface area contributed by atoms with E-state index in [0.717, 1.165) is 58.7 Å². The molecule has 0 radical (unpaired) electrons. The maximum atomic E-state index is 12.5. The van der Waals surface area contributed by atoms with Gasteiger partial charge >= 0.3 is 5.97 Å². The summed E-state index contributed by atoms with van der Waals surface area (Å²) in [6.45, 7) is 22.1. The molecule has 1 aliphatic heterocycles. The maximum absolute atomic E-state index is 12.5. The molecule has 70 heavy (non-hydrogen) atoms. The van der Waals surface area contributed by atoms with Gasteiger partial charge in [-0.3, -0.25) is 14.4 Å². The standard InChI is InChI=1S/C18H20O.C17H19NO.C16H17Cl2N.C11H14O2/c1-13(2)14(3)16-10-7-11-17(12-16)18(19)15-8-5-4-6-9-15;1-12(2)14-10-11-18-15(14)8-9-16(18)17(19)13-6-4-3-5-7-13;1-11(2)10-12-6-3-4-9-15(12)19-16-13(17)7-5-8-14(16)18;1-8(2)10-6-4-5-7-11(10)13-9(3)12/h4-14H,1-3H3;3-9,12,14H,10-11H2,1-2H3;3-9,11,19H,10H2,1-2H3;4-8H,1-3H3. The summed E-state index contributed by atoms with van der Waals surface area (Å²) < 4.78 is 7.28. The number of ether oxygens (including phenoxy) is 1. The van der Waals surface area contributed by atoms with Crippen LogP contribution in [0.4, 0.5) is 11.4 Å². The first-order valence-corrected chi connectivity index (χ1v) is 25.3. The summed E-state index contributed by atoms with van der Waals surface area (Å²) in [5.74, 6) is 3.87. The van der Waals surface area contributed by atoms with E-state index in [1.54, 1.807) is 0 Å². The number of benzene rings is 6. The van der Waals surface area contributed by atoms with Gasteiger partial charge in [0.1, 0.15) is 5.75 Å². The van der Waals surface area contributed by atoms with Crippen LogP contribution in [-0.4, -0.2) is 22.1 Å². The summed E-state index contributed by atoms with van der Waals surface area (Å²) >= 11 is 12.4. The number of nitrogens with zero attached hydrogens (tertiary/aromatic N) is 1. The zero-order valence-electron chi connectivity index (χ0n) is 42.5. The second-order valence-corrected chi connectivity index (χ2v) is 20.1. The fourth-order valence-corrected chi connectivity index (χ4v) is 8.90. The molecule has 1 aliphatic rings. The molecule has 0 amide bonds. The summed E-state index contributed by atoms with van der Waals surface area (Å²) in [6.07, 6.45) is 2.17. The monoisotopic (exact) mass is 976 g/mol. The SMILES string of the molecule is CC(=O)Oc1ccccc1C(C)C.CC(C)C(C)c1cccc(C(=O)c2ccccc2)c1.CC(C)C1CCn2c(C(=O)c3ccccc3)ccc21.CC(C)Cc1ccccc1Nc1c(Cl)cccc1Cl. The lowest BCUT2D eigenvalue weighted by atomic mass is 9.88. The topological polar surface area (TPSA) is 77.4 Å². The van der Waals surface area contributed by atoms with Crippen molar-refractivity contribution in [3.05, 3.63) is 219 Å². The van der Waals surface area contributed by atoms with Crippen LogP contribution in [0.3, 0.4) is 0 Å². The van der Waals surface area contributed by atoms with Gasteiger partial charge in [0, 0.05) is 47.5 Å². The third-order valence-corrected chi connectivity index (χ3v) is 13.1. The van der Waals surface area contributed by atoms with Crippen LogP contribution in [0.1, 0.15) is 148 Å². The van der Waals surface area contributed by atoms with Gasteiger partial charge in [0.25, 0.3) is 0 Å². The lowest BCUT2D eigenvalue weighted by Gasteiger charge is -2.16. The molecule has 8 heteroatoms. The summed E-state index contributed by atoms with van der Waals surface area (Å²) in [5.41, 5.74) is 9.86. The van der Waals surface area contributed by atoms with Gasteiger partial charge in [-0.15, -0.1) is 0 Å². The van der Waals surface area contributed by atoms with Crippen molar-refractivity contribution in [1.82, 2.24) is 4.57 Å². The molecule has 0 saturated carbocycles. The van der Waals surface area contributed by atoms with Crippen molar-refractivity contribution in [3.63, 3.8) is 0 Å². The van der Waals surface area contributed by atoms with E-state index >= 15 is 0 Å². The minimum absolute atomic E-state index is 0.0957. The fraction of sp³-hybridized carbons (Fsp3) is 0.306. The summed E-state index contributed by atoms with van der Waals surface area (Å²) in [5, 5.41) is 4.61. The van der Waals surface area contributed by atoms with E-state index in [1.165, 1.54) is 23.7 Å². The molecular formula is C62H70Cl2N2O4. The van der Waals surface area contributed by atoms with Crippen LogP contribution in [0.25, 0.3) is 0 Å². The largest absolute Gasteiger partial charge is 0.426 e. The third kappa shape index (κ3) is 15.4. The molecule has 0 spiro atoms. The van der Waals surface area contributed by atoms with Crippen molar-refractivity contribution in [1.29, 1.82) is 0 Å². The Kier molecular flexibility index (Phi) is 20.9. The molecular weight excluding hydrogens is 908 g/mol. The summed E-state index contributed by atoms with van der Waals surface area (Å²) in [4.78, 5) is 35.7. The number of para-hydroxylation sites is 3. The second kappa shape index (κ2) is 26.7. The van der Waals surface area contributed by atoms with Crippen molar-refractivity contribution < 1.29 is 19.1 Å². The number of hydrogen-bond donors (Lipinski definition) is 1. The number of aromatic nitrogens is 1. The van der Waals surface area contributed by atoms with Gasteiger partial charge in [0.2, 0.25) is 5.78 Å². The molecule has 2 unspecified atom stereocenters. The number of hydrogen-bond acceptors (Lipinski definition) is 5. The van der Waals surface area contributed by atoms with Crippen molar-refractivity contribution in [3.8, 4) is 5.75 Å². The van der Waals surface area contributed by atoms with Gasteiger partial charge in [-0.25, -0.2) is 0 Å². The lowest BCUT2D eigenvalue weighted by Crippen LogP contribution is -2.09. The van der Waals surface area contributed by atoms with Crippen molar-refractivity contribution in [2.45, 2.75) is 106 Å². The Labute approximate surface area is 427 Å². The van der Waals surface area contributed by atoms with Crippen LogP contribution < -0.4 is 10.1 Å². The highest BCUT2D eigenvalue weighted by Gasteiger charge is 2.29. The average molecular weight is 978 g/mol. The van der Waals surface area contributed by atoms with Crippen LogP contribution in [0.15, 0.2) is 164 Å². The van der Waals surface area contributed by atoms with Gasteiger partial charge in [-0.2, -0.15) is 0 Å². The maximum Gasteiger partial charge on any atom is 0.308 e. The molecule has 2 atom stereocenters. The van der Waals surface area contributed by atoms with Gasteiger partial charge in [0.05, 0.1) is 21.4 Å². The zero-order valence-corrected chi connectivity index (χ0v) is 44.0. The molecule has 0 bridgehead atoms. The zero-order chi connectivity index (χ0) is 50.9. The second-order valence-electron chi connectivity index (χ2n) is 19.2. The number of anilines is 2. The van der Waals surface area contributed by atoms with E-state index in [-0.39, 0.29) is 17.5 Å². The minimum atomic E-state index is -0.270. The minimum Gasteiger partial charge on any atom is -0.426 e. The third-order valence-electron chi connectivity index (χ3n) is 12.5. The molecule has 0 aliphatic carbocycles. The van der Waals surface area contributed by atoms with Gasteiger partial charge < -0.3 is 14.6 Å². The van der Waals surface area contributed by atoms with Gasteiger partial charge in [0.15, 0.2) is 5.78 Å². The van der Waals surface area contributed by atoms with Gasteiger partial charge in [-0.1, -0.05) is 207 Å². The highest BCUT2D eigenvalue weighted by Crippen LogP contribution is 2.37. The molecule has 1 aromatic heterocycles. The molecule has 7 aromatic rings. The number of carbonyl (C=O) groups is 3. The molecule has 6 aromatic carbocycles. The number of halogens is 2. The first-order chi connectivity index (χ1) is 33.5. The Hall–Kier alpha value is -6.21. The average Bonchev–Trinajstić information content (AvgIpc) is 3.97. The molecule has 0 fully saturated rings. The van der Waals surface area contributed by atoms with Crippen molar-refractivity contribution in [2.24, 2.45) is 17.8 Å². The number of fused-ring (bicyclic) bond motifs is 1.